The smallest absolute Gasteiger partial charge is 0.231 e. The molecule has 3 aromatic rings. The number of carbonyl (C=O) groups is 1. The summed E-state index contributed by atoms with van der Waals surface area (Å²) in [6, 6.07) is 15.7. The Morgan fingerprint density at radius 3 is 2.70 bits per heavy atom. The molecule has 0 unspecified atom stereocenters. The summed E-state index contributed by atoms with van der Waals surface area (Å²) in [6.07, 6.45) is 3.85. The number of ether oxygens (including phenoxy) is 2. The summed E-state index contributed by atoms with van der Waals surface area (Å²) in [7, 11) is 0. The van der Waals surface area contributed by atoms with Crippen LogP contribution < -0.4 is 9.47 Å². The summed E-state index contributed by atoms with van der Waals surface area (Å²) in [4.78, 5) is 17.8. The maximum absolute atomic E-state index is 13.3. The summed E-state index contributed by atoms with van der Waals surface area (Å²) in [5.41, 5.74) is 5.23. The van der Waals surface area contributed by atoms with Crippen LogP contribution in [0.4, 0.5) is 0 Å². The first-order chi connectivity index (χ1) is 14.6. The van der Waals surface area contributed by atoms with Crippen LogP contribution >= 0.6 is 0 Å². The molecular weight excluding hydrogens is 378 g/mol. The highest BCUT2D eigenvalue weighted by atomic mass is 16.7. The van der Waals surface area contributed by atoms with Gasteiger partial charge in [-0.2, -0.15) is 0 Å². The van der Waals surface area contributed by atoms with Crippen molar-refractivity contribution in [3.63, 3.8) is 0 Å². The van der Waals surface area contributed by atoms with Crippen LogP contribution in [0, 0.1) is 6.92 Å². The van der Waals surface area contributed by atoms with E-state index in [2.05, 4.69) is 4.98 Å². The molecule has 152 valence electrons. The third-order valence-corrected chi connectivity index (χ3v) is 6.14. The molecule has 1 aromatic heterocycles. The van der Waals surface area contributed by atoms with Crippen LogP contribution in [0.2, 0.25) is 0 Å². The first-order valence-electron chi connectivity index (χ1n) is 10.2. The van der Waals surface area contributed by atoms with Crippen molar-refractivity contribution in [2.24, 2.45) is 0 Å². The van der Waals surface area contributed by atoms with E-state index < -0.39 is 5.41 Å². The summed E-state index contributed by atoms with van der Waals surface area (Å²) in [6.45, 7) is 2.19. The Balaban J connectivity index is 1.41. The van der Waals surface area contributed by atoms with Gasteiger partial charge in [0.25, 0.3) is 0 Å². The molecular formula is C25H23NO4. The van der Waals surface area contributed by atoms with Crippen LogP contribution in [0.3, 0.4) is 0 Å². The lowest BCUT2D eigenvalue weighted by molar-refractivity contribution is -0.120. The fourth-order valence-corrected chi connectivity index (χ4v) is 4.20. The molecule has 5 rings (SSSR count). The number of hydrogen-bond acceptors (Lipinski definition) is 5. The Bertz CT molecular complexity index is 1130. The average molecular weight is 401 g/mol. The maximum atomic E-state index is 13.3. The quantitative estimate of drug-likeness (QED) is 0.673. The molecule has 1 saturated carbocycles. The van der Waals surface area contributed by atoms with Gasteiger partial charge >= 0.3 is 0 Å². The highest BCUT2D eigenvalue weighted by Gasteiger charge is 2.50. The number of benzene rings is 2. The molecule has 1 N–H and O–H groups in total. The van der Waals surface area contributed by atoms with Gasteiger partial charge in [-0.3, -0.25) is 9.78 Å². The number of aliphatic hydroxyl groups is 1. The number of Topliss-reactive ketones (excluding diaryl/α,β-unsaturated/α-hetero) is 1. The minimum absolute atomic E-state index is 0.00343. The number of ketones is 1. The largest absolute Gasteiger partial charge is 0.454 e. The topological polar surface area (TPSA) is 68.7 Å². The van der Waals surface area contributed by atoms with Gasteiger partial charge < -0.3 is 14.6 Å². The van der Waals surface area contributed by atoms with E-state index in [1.165, 1.54) is 0 Å². The van der Waals surface area contributed by atoms with Crippen LogP contribution in [-0.4, -0.2) is 22.7 Å². The van der Waals surface area contributed by atoms with Gasteiger partial charge in [-0.25, -0.2) is 0 Å². The Morgan fingerprint density at radius 2 is 1.90 bits per heavy atom. The van der Waals surface area contributed by atoms with E-state index in [0.717, 1.165) is 57.9 Å². The summed E-state index contributed by atoms with van der Waals surface area (Å²) in [5, 5.41) is 9.44. The molecule has 0 amide bonds. The van der Waals surface area contributed by atoms with E-state index in [1.807, 2.05) is 55.5 Å². The molecule has 5 nitrogen and oxygen atoms in total. The predicted octanol–water partition coefficient (Wildman–Crippen LogP) is 4.12. The fraction of sp³-hybridized carbons (Fsp3) is 0.280. The Kier molecular flexibility index (Phi) is 4.55. The van der Waals surface area contributed by atoms with Gasteiger partial charge in [0.1, 0.15) is 5.78 Å². The van der Waals surface area contributed by atoms with E-state index in [9.17, 15) is 9.90 Å². The molecule has 1 fully saturated rings. The summed E-state index contributed by atoms with van der Waals surface area (Å²) < 4.78 is 10.9. The lowest BCUT2D eigenvalue weighted by Crippen LogP contribution is -2.22. The average Bonchev–Trinajstić information content (AvgIpc) is 3.46. The molecule has 0 saturated heterocycles. The molecule has 5 heteroatoms. The zero-order chi connectivity index (χ0) is 20.7. The molecule has 0 spiro atoms. The number of aliphatic hydroxyl groups excluding tert-OH is 1. The lowest BCUT2D eigenvalue weighted by Gasteiger charge is -2.16. The minimum Gasteiger partial charge on any atom is -0.454 e. The molecule has 0 atom stereocenters. The van der Waals surface area contributed by atoms with Crippen molar-refractivity contribution in [1.82, 2.24) is 4.98 Å². The standard InChI is InChI=1S/C25H23NO4/c1-16-21(19-4-2-3-17(9-19)14-27)10-18(13-26-16)11-24(28)25(7-8-25)20-5-6-22-23(12-20)30-15-29-22/h2-6,9-10,12-13,27H,7-8,11,14-15H2,1H3. The molecule has 0 radical (unpaired) electrons. The molecule has 1 aliphatic carbocycles. The summed E-state index contributed by atoms with van der Waals surface area (Å²) in [5.74, 6) is 1.66. The predicted molar refractivity (Wildman–Crippen MR) is 113 cm³/mol. The number of carbonyl (C=O) groups excluding carboxylic acids is 1. The Hall–Kier alpha value is -3.18. The lowest BCUT2D eigenvalue weighted by atomic mass is 9.87. The van der Waals surface area contributed by atoms with Crippen LogP contribution in [-0.2, 0) is 23.2 Å². The molecule has 2 aliphatic rings. The van der Waals surface area contributed by atoms with Gasteiger partial charge in [0.05, 0.1) is 12.0 Å². The van der Waals surface area contributed by atoms with E-state index in [4.69, 9.17) is 9.47 Å². The van der Waals surface area contributed by atoms with E-state index >= 15 is 0 Å². The second-order valence-corrected chi connectivity index (χ2v) is 8.09. The number of pyridine rings is 1. The van der Waals surface area contributed by atoms with Crippen molar-refractivity contribution in [2.45, 2.75) is 38.2 Å². The van der Waals surface area contributed by atoms with Crippen molar-refractivity contribution in [3.8, 4) is 22.6 Å². The van der Waals surface area contributed by atoms with Crippen molar-refractivity contribution >= 4 is 5.78 Å². The Morgan fingerprint density at radius 1 is 1.07 bits per heavy atom. The van der Waals surface area contributed by atoms with Gasteiger partial charge in [0.15, 0.2) is 11.5 Å². The molecule has 1 aliphatic heterocycles. The third-order valence-electron chi connectivity index (χ3n) is 6.14. The molecule has 2 aromatic carbocycles. The fourth-order valence-electron chi connectivity index (χ4n) is 4.20. The highest BCUT2D eigenvalue weighted by molar-refractivity contribution is 5.95. The number of aryl methyl sites for hydroxylation is 1. The number of nitrogens with zero attached hydrogens (tertiary/aromatic N) is 1. The zero-order valence-electron chi connectivity index (χ0n) is 16.9. The van der Waals surface area contributed by atoms with E-state index in [0.29, 0.717) is 6.42 Å². The van der Waals surface area contributed by atoms with Crippen molar-refractivity contribution in [2.75, 3.05) is 6.79 Å². The normalized spacial score (nSPS) is 15.8. The molecule has 2 heterocycles. The first kappa shape index (κ1) is 18.8. The maximum Gasteiger partial charge on any atom is 0.231 e. The minimum atomic E-state index is -0.428. The second kappa shape index (κ2) is 7.26. The first-order valence-corrected chi connectivity index (χ1v) is 10.2. The molecule has 30 heavy (non-hydrogen) atoms. The molecule has 0 bridgehead atoms. The second-order valence-electron chi connectivity index (χ2n) is 8.09. The number of fused-ring (bicyclic) bond motifs is 1. The Labute approximate surface area is 175 Å². The number of hydrogen-bond donors (Lipinski definition) is 1. The SMILES string of the molecule is Cc1ncc(CC(=O)C2(c3ccc4c(c3)OCO4)CC2)cc1-c1cccc(CO)c1. The van der Waals surface area contributed by atoms with Crippen LogP contribution in [0.25, 0.3) is 11.1 Å². The van der Waals surface area contributed by atoms with Gasteiger partial charge in [0, 0.05) is 23.9 Å². The highest BCUT2D eigenvalue weighted by Crippen LogP contribution is 2.51. The van der Waals surface area contributed by atoms with Crippen LogP contribution in [0.15, 0.2) is 54.7 Å². The van der Waals surface area contributed by atoms with Gasteiger partial charge in [-0.15, -0.1) is 0 Å². The van der Waals surface area contributed by atoms with Crippen LogP contribution in [0.1, 0.15) is 35.2 Å². The monoisotopic (exact) mass is 401 g/mol. The van der Waals surface area contributed by atoms with Crippen molar-refractivity contribution in [3.05, 3.63) is 77.1 Å². The third kappa shape index (κ3) is 3.25. The zero-order valence-corrected chi connectivity index (χ0v) is 16.9. The van der Waals surface area contributed by atoms with Gasteiger partial charge in [0.2, 0.25) is 6.79 Å². The van der Waals surface area contributed by atoms with E-state index in [-0.39, 0.29) is 19.2 Å². The van der Waals surface area contributed by atoms with Crippen molar-refractivity contribution in [1.29, 1.82) is 0 Å². The van der Waals surface area contributed by atoms with Gasteiger partial charge in [-0.05, 0) is 66.3 Å². The summed E-state index contributed by atoms with van der Waals surface area (Å²) >= 11 is 0. The van der Waals surface area contributed by atoms with Gasteiger partial charge in [-0.1, -0.05) is 24.3 Å². The van der Waals surface area contributed by atoms with Crippen molar-refractivity contribution < 1.29 is 19.4 Å². The number of aromatic nitrogens is 1. The number of rotatable bonds is 6. The van der Waals surface area contributed by atoms with E-state index in [1.54, 1.807) is 6.20 Å². The van der Waals surface area contributed by atoms with Crippen LogP contribution in [0.5, 0.6) is 11.5 Å².